The van der Waals surface area contributed by atoms with Gasteiger partial charge in [0.25, 0.3) is 0 Å². The average Bonchev–Trinajstić information content (AvgIpc) is 3.32. The fourth-order valence-corrected chi connectivity index (χ4v) is 2.94. The number of H-pyrrole nitrogens is 2. The SMILES string of the molecule is C1=Cc2cc3ccc(cc4ccc(cc5nc(cc1n2)C=C5)[nH]4)[nH]3.[Fe].[Mn]. The summed E-state index contributed by atoms with van der Waals surface area (Å²) >= 11 is 0. The largest absolute Gasteiger partial charge is 0.355 e. The van der Waals surface area contributed by atoms with E-state index < -0.39 is 0 Å². The van der Waals surface area contributed by atoms with Gasteiger partial charge in [-0.05, 0) is 72.8 Å². The van der Waals surface area contributed by atoms with E-state index in [2.05, 4.69) is 50.3 Å². The van der Waals surface area contributed by atoms with Crippen molar-refractivity contribution in [3.05, 3.63) is 71.3 Å². The second-order valence-electron chi connectivity index (χ2n) is 5.91. The standard InChI is InChI=1S/C20H14N4.Fe.Mn/c1-2-14-10-16-5-6-18(23-16)12-20-8-7-19(24-20)11-17-4-3-15(22-17)9-13(1)21-14;;/h1-12,21-22H;;. The van der Waals surface area contributed by atoms with Gasteiger partial charge in [0.15, 0.2) is 0 Å². The Kier molecular flexibility index (Phi) is 5.30. The molecule has 0 aromatic carbocycles. The van der Waals surface area contributed by atoms with Gasteiger partial charge in [-0.3, -0.25) is 0 Å². The van der Waals surface area contributed by atoms with E-state index >= 15 is 0 Å². The Morgan fingerprint density at radius 3 is 1.27 bits per heavy atom. The van der Waals surface area contributed by atoms with Crippen LogP contribution in [0.15, 0.2) is 48.5 Å². The molecule has 1 radical (unpaired) electrons. The van der Waals surface area contributed by atoms with Crippen molar-refractivity contribution in [1.29, 1.82) is 0 Å². The Bertz CT molecular complexity index is 1080. The molecule has 0 unspecified atom stereocenters. The fraction of sp³-hybridized carbons (Fsp3) is 0. The van der Waals surface area contributed by atoms with Crippen molar-refractivity contribution in [2.75, 3.05) is 0 Å². The third-order valence-corrected chi connectivity index (χ3v) is 4.04. The van der Waals surface area contributed by atoms with E-state index in [0.717, 1.165) is 44.8 Å². The first-order valence-corrected chi connectivity index (χ1v) is 7.85. The summed E-state index contributed by atoms with van der Waals surface area (Å²) in [7, 11) is 0. The molecule has 5 heterocycles. The van der Waals surface area contributed by atoms with E-state index in [9.17, 15) is 0 Å². The molecule has 8 bridgehead atoms. The van der Waals surface area contributed by atoms with Gasteiger partial charge in [-0.1, -0.05) is 0 Å². The summed E-state index contributed by atoms with van der Waals surface area (Å²) in [5.74, 6) is 0. The number of aromatic nitrogens is 4. The second-order valence-corrected chi connectivity index (χ2v) is 5.91. The van der Waals surface area contributed by atoms with Gasteiger partial charge in [0.2, 0.25) is 0 Å². The molecule has 2 N–H and O–H groups in total. The molecule has 0 fully saturated rings. The molecular weight excluding hydrogens is 407 g/mol. The van der Waals surface area contributed by atoms with Crippen LogP contribution < -0.4 is 0 Å². The predicted molar refractivity (Wildman–Crippen MR) is 98.9 cm³/mol. The van der Waals surface area contributed by atoms with Crippen molar-refractivity contribution in [3.8, 4) is 0 Å². The van der Waals surface area contributed by atoms with E-state index in [1.54, 1.807) is 0 Å². The molecule has 129 valence electrons. The molecular formula is C20H14FeMnN4. The second kappa shape index (κ2) is 7.48. The van der Waals surface area contributed by atoms with Crippen molar-refractivity contribution in [2.24, 2.45) is 0 Å². The zero-order valence-electron chi connectivity index (χ0n) is 13.6. The van der Waals surface area contributed by atoms with Crippen LogP contribution in [-0.2, 0) is 34.1 Å². The molecule has 4 nitrogen and oxygen atoms in total. The van der Waals surface area contributed by atoms with Crippen molar-refractivity contribution < 1.29 is 34.1 Å². The van der Waals surface area contributed by atoms with Crippen molar-refractivity contribution in [2.45, 2.75) is 0 Å². The first-order valence-electron chi connectivity index (χ1n) is 7.85. The van der Waals surface area contributed by atoms with Gasteiger partial charge >= 0.3 is 0 Å². The Morgan fingerprint density at radius 1 is 0.500 bits per heavy atom. The number of hydrogen-bond acceptors (Lipinski definition) is 2. The summed E-state index contributed by atoms with van der Waals surface area (Å²) in [5.41, 5.74) is 7.86. The maximum absolute atomic E-state index is 4.62. The van der Waals surface area contributed by atoms with E-state index in [1.165, 1.54) is 0 Å². The summed E-state index contributed by atoms with van der Waals surface area (Å²) in [6.45, 7) is 0. The van der Waals surface area contributed by atoms with Gasteiger partial charge in [-0.25, -0.2) is 9.97 Å². The van der Waals surface area contributed by atoms with E-state index in [-0.39, 0.29) is 34.1 Å². The normalized spacial score (nSPS) is 11.7. The van der Waals surface area contributed by atoms with Gasteiger partial charge in [0.1, 0.15) is 0 Å². The minimum atomic E-state index is 0. The molecule has 0 saturated heterocycles. The summed E-state index contributed by atoms with van der Waals surface area (Å²) < 4.78 is 0. The molecule has 0 spiro atoms. The number of rotatable bonds is 0. The summed E-state index contributed by atoms with van der Waals surface area (Å²) in [5, 5.41) is 0. The van der Waals surface area contributed by atoms with Crippen LogP contribution in [0.25, 0.3) is 46.4 Å². The minimum absolute atomic E-state index is 0. The minimum Gasteiger partial charge on any atom is -0.355 e. The van der Waals surface area contributed by atoms with Crippen LogP contribution in [-0.4, -0.2) is 19.9 Å². The van der Waals surface area contributed by atoms with Gasteiger partial charge in [0.05, 0.1) is 22.8 Å². The molecule has 6 heteroatoms. The quantitative estimate of drug-likeness (QED) is 0.358. The van der Waals surface area contributed by atoms with E-state index in [1.807, 2.05) is 42.5 Å². The number of nitrogens with zero attached hydrogens (tertiary/aromatic N) is 2. The Labute approximate surface area is 171 Å². The van der Waals surface area contributed by atoms with Crippen LogP contribution in [0.2, 0.25) is 0 Å². The van der Waals surface area contributed by atoms with Gasteiger partial charge < -0.3 is 9.97 Å². The van der Waals surface area contributed by atoms with E-state index in [4.69, 9.17) is 0 Å². The number of nitrogens with one attached hydrogen (secondary N) is 2. The smallest absolute Gasteiger partial charge is 0.0659 e. The topological polar surface area (TPSA) is 57.4 Å². The molecule has 0 saturated carbocycles. The Balaban J connectivity index is 0.000000980. The van der Waals surface area contributed by atoms with Crippen LogP contribution in [0.5, 0.6) is 0 Å². The Morgan fingerprint density at radius 2 is 0.846 bits per heavy atom. The fourth-order valence-electron chi connectivity index (χ4n) is 2.94. The van der Waals surface area contributed by atoms with Crippen LogP contribution >= 0.6 is 0 Å². The molecule has 0 atom stereocenters. The van der Waals surface area contributed by atoms with Gasteiger partial charge in [-0.15, -0.1) is 0 Å². The number of hydrogen-bond donors (Lipinski definition) is 2. The maximum atomic E-state index is 4.62. The van der Waals surface area contributed by atoms with Crippen molar-refractivity contribution in [3.63, 3.8) is 0 Å². The molecule has 2 aliphatic heterocycles. The van der Waals surface area contributed by atoms with Crippen molar-refractivity contribution >= 4 is 46.4 Å². The number of aromatic amines is 2. The molecule has 3 aromatic rings. The van der Waals surface area contributed by atoms with Crippen LogP contribution in [0.1, 0.15) is 22.8 Å². The zero-order valence-corrected chi connectivity index (χ0v) is 15.8. The average molecular weight is 421 g/mol. The molecule has 0 amide bonds. The Hall–Kier alpha value is -2.36. The first kappa shape index (κ1) is 18.4. The third kappa shape index (κ3) is 3.74. The predicted octanol–water partition coefficient (Wildman–Crippen LogP) is 4.65. The number of fused-ring (bicyclic) bond motifs is 8. The first-order chi connectivity index (χ1) is 11.8. The summed E-state index contributed by atoms with van der Waals surface area (Å²) in [6.07, 6.45) is 8.05. The van der Waals surface area contributed by atoms with Crippen molar-refractivity contribution in [1.82, 2.24) is 19.9 Å². The maximum Gasteiger partial charge on any atom is 0.0659 e. The van der Waals surface area contributed by atoms with E-state index in [0.29, 0.717) is 0 Å². The monoisotopic (exact) mass is 421 g/mol. The zero-order chi connectivity index (χ0) is 15.9. The van der Waals surface area contributed by atoms with Crippen LogP contribution in [0.3, 0.4) is 0 Å². The molecule has 5 rings (SSSR count). The third-order valence-electron chi connectivity index (χ3n) is 4.04. The molecule has 2 aliphatic rings. The molecule has 0 aliphatic carbocycles. The van der Waals surface area contributed by atoms with Crippen LogP contribution in [0.4, 0.5) is 0 Å². The van der Waals surface area contributed by atoms with Gasteiger partial charge in [-0.2, -0.15) is 0 Å². The molecule has 3 aromatic heterocycles. The van der Waals surface area contributed by atoms with Crippen LogP contribution in [0, 0.1) is 0 Å². The summed E-state index contributed by atoms with van der Waals surface area (Å²) in [6, 6.07) is 16.4. The molecule has 26 heavy (non-hydrogen) atoms. The summed E-state index contributed by atoms with van der Waals surface area (Å²) in [4.78, 5) is 16.0. The van der Waals surface area contributed by atoms with Gasteiger partial charge in [0, 0.05) is 56.2 Å².